The largest absolute Gasteiger partial charge is 0.466 e. The second-order valence-corrected chi connectivity index (χ2v) is 8.14. The first-order chi connectivity index (χ1) is 14.0. The predicted molar refractivity (Wildman–Crippen MR) is 108 cm³/mol. The van der Waals surface area contributed by atoms with Crippen molar-refractivity contribution in [3.63, 3.8) is 0 Å². The molecule has 154 valence electrons. The number of fused-ring (bicyclic) bond motifs is 1. The molecule has 2 aromatic rings. The molecule has 2 aliphatic heterocycles. The van der Waals surface area contributed by atoms with E-state index in [9.17, 15) is 9.59 Å². The summed E-state index contributed by atoms with van der Waals surface area (Å²) in [5.74, 6) is 1.25. The predicted octanol–water partition coefficient (Wildman–Crippen LogP) is 2.33. The Balaban J connectivity index is 1.45. The molecule has 4 rings (SSSR count). The van der Waals surface area contributed by atoms with E-state index in [1.807, 2.05) is 25.1 Å². The average molecular weight is 396 g/mol. The Morgan fingerprint density at radius 1 is 1.31 bits per heavy atom. The highest BCUT2D eigenvalue weighted by atomic mass is 16.3. The van der Waals surface area contributed by atoms with Crippen LogP contribution in [0.25, 0.3) is 0 Å². The Labute approximate surface area is 170 Å². The minimum Gasteiger partial charge on any atom is -0.466 e. The lowest BCUT2D eigenvalue weighted by Crippen LogP contribution is -2.57. The van der Waals surface area contributed by atoms with Gasteiger partial charge in [-0.2, -0.15) is 0 Å². The Kier molecular flexibility index (Phi) is 5.41. The number of aryl methyl sites for hydroxylation is 2. The van der Waals surface area contributed by atoms with Crippen LogP contribution in [0.5, 0.6) is 0 Å². The van der Waals surface area contributed by atoms with Crippen LogP contribution in [0.1, 0.15) is 53.3 Å². The maximum Gasteiger partial charge on any atom is 0.255 e. The summed E-state index contributed by atoms with van der Waals surface area (Å²) < 4.78 is 5.49. The molecular formula is C22H28N4O3. The van der Waals surface area contributed by atoms with Crippen LogP contribution < -0.4 is 10.6 Å². The zero-order valence-corrected chi connectivity index (χ0v) is 17.0. The van der Waals surface area contributed by atoms with Crippen molar-refractivity contribution in [1.29, 1.82) is 0 Å². The molecule has 2 aromatic heterocycles. The summed E-state index contributed by atoms with van der Waals surface area (Å²) in [5, 5.41) is 6.20. The van der Waals surface area contributed by atoms with Gasteiger partial charge in [0.15, 0.2) is 0 Å². The molecule has 2 saturated heterocycles. The number of pyridine rings is 1. The SMILES string of the molecule is Cc1cc(C(=O)N[C@@H]2CN3CCCC[C@@]3(C(=O)NCc3ccccn3)C2)c(C)o1. The fourth-order valence-electron chi connectivity index (χ4n) is 4.73. The van der Waals surface area contributed by atoms with Gasteiger partial charge in [0.05, 0.1) is 17.8 Å². The van der Waals surface area contributed by atoms with E-state index in [-0.39, 0.29) is 17.9 Å². The molecule has 4 heterocycles. The molecule has 7 nitrogen and oxygen atoms in total. The minimum atomic E-state index is -0.549. The number of hydrogen-bond donors (Lipinski definition) is 2. The summed E-state index contributed by atoms with van der Waals surface area (Å²) in [6.07, 6.45) is 5.28. The maximum absolute atomic E-state index is 13.2. The lowest BCUT2D eigenvalue weighted by molar-refractivity contribution is -0.134. The maximum atomic E-state index is 13.2. The number of piperidine rings is 1. The van der Waals surface area contributed by atoms with Gasteiger partial charge in [-0.15, -0.1) is 0 Å². The van der Waals surface area contributed by atoms with Crippen LogP contribution in [0.15, 0.2) is 34.9 Å². The van der Waals surface area contributed by atoms with Crippen molar-refractivity contribution in [2.75, 3.05) is 13.1 Å². The topological polar surface area (TPSA) is 87.5 Å². The van der Waals surface area contributed by atoms with Crippen LogP contribution in [0, 0.1) is 13.8 Å². The molecule has 2 amide bonds. The number of nitrogens with one attached hydrogen (secondary N) is 2. The second kappa shape index (κ2) is 7.99. The average Bonchev–Trinajstić information content (AvgIpc) is 3.26. The standard InChI is InChI=1S/C22H28N4O3/c1-15-11-19(16(2)29-15)20(27)25-18-12-22(8-4-6-10-26(22)14-18)21(28)24-13-17-7-3-5-9-23-17/h3,5,7,9,11,18H,4,6,8,10,12-14H2,1-2H3,(H,24,28)(H,25,27)/t18-,22-/m0/s1. The van der Waals surface area contributed by atoms with E-state index in [0.29, 0.717) is 30.8 Å². The third-order valence-corrected chi connectivity index (χ3v) is 6.10. The van der Waals surface area contributed by atoms with Gasteiger partial charge in [0.2, 0.25) is 5.91 Å². The lowest BCUT2D eigenvalue weighted by atomic mass is 9.84. The van der Waals surface area contributed by atoms with Gasteiger partial charge < -0.3 is 15.1 Å². The molecule has 0 unspecified atom stereocenters. The number of amides is 2. The van der Waals surface area contributed by atoms with Gasteiger partial charge >= 0.3 is 0 Å². The van der Waals surface area contributed by atoms with Gasteiger partial charge in [-0.25, -0.2) is 0 Å². The van der Waals surface area contributed by atoms with Crippen LogP contribution >= 0.6 is 0 Å². The summed E-state index contributed by atoms with van der Waals surface area (Å²) in [6, 6.07) is 7.39. The molecule has 0 saturated carbocycles. The Morgan fingerprint density at radius 2 is 2.17 bits per heavy atom. The third kappa shape index (κ3) is 3.92. The highest BCUT2D eigenvalue weighted by Gasteiger charge is 2.52. The summed E-state index contributed by atoms with van der Waals surface area (Å²) in [4.78, 5) is 32.5. The van der Waals surface area contributed by atoms with Crippen LogP contribution in [0.4, 0.5) is 0 Å². The van der Waals surface area contributed by atoms with E-state index in [0.717, 1.165) is 37.3 Å². The van der Waals surface area contributed by atoms with E-state index in [2.05, 4.69) is 20.5 Å². The highest BCUT2D eigenvalue weighted by molar-refractivity contribution is 5.95. The van der Waals surface area contributed by atoms with Gasteiger partial charge in [0.1, 0.15) is 17.1 Å². The molecule has 2 N–H and O–H groups in total. The monoisotopic (exact) mass is 396 g/mol. The van der Waals surface area contributed by atoms with Crippen LogP contribution in [-0.2, 0) is 11.3 Å². The number of furan rings is 1. The fourth-order valence-corrected chi connectivity index (χ4v) is 4.73. The zero-order valence-electron chi connectivity index (χ0n) is 17.0. The number of aromatic nitrogens is 1. The molecule has 0 radical (unpaired) electrons. The van der Waals surface area contributed by atoms with Crippen LogP contribution in [0.2, 0.25) is 0 Å². The second-order valence-electron chi connectivity index (χ2n) is 8.14. The van der Waals surface area contributed by atoms with E-state index in [1.165, 1.54) is 0 Å². The number of rotatable bonds is 5. The van der Waals surface area contributed by atoms with Crippen molar-refractivity contribution in [1.82, 2.24) is 20.5 Å². The first-order valence-electron chi connectivity index (χ1n) is 10.3. The van der Waals surface area contributed by atoms with Gasteiger partial charge in [-0.05, 0) is 64.3 Å². The molecular weight excluding hydrogens is 368 g/mol. The van der Waals surface area contributed by atoms with E-state index < -0.39 is 5.54 Å². The summed E-state index contributed by atoms with van der Waals surface area (Å²) in [6.45, 7) is 5.62. The first-order valence-corrected chi connectivity index (χ1v) is 10.3. The van der Waals surface area contributed by atoms with Gasteiger partial charge in [-0.3, -0.25) is 19.5 Å². The van der Waals surface area contributed by atoms with Crippen molar-refractivity contribution >= 4 is 11.8 Å². The van der Waals surface area contributed by atoms with E-state index >= 15 is 0 Å². The summed E-state index contributed by atoms with van der Waals surface area (Å²) >= 11 is 0. The van der Waals surface area contributed by atoms with Crippen LogP contribution in [-0.4, -0.2) is 46.4 Å². The molecule has 0 spiro atoms. The lowest BCUT2D eigenvalue weighted by Gasteiger charge is -2.40. The van der Waals surface area contributed by atoms with E-state index in [4.69, 9.17) is 4.42 Å². The number of hydrogen-bond acceptors (Lipinski definition) is 5. The molecule has 29 heavy (non-hydrogen) atoms. The third-order valence-electron chi connectivity index (χ3n) is 6.10. The van der Waals surface area contributed by atoms with Gasteiger partial charge in [0.25, 0.3) is 5.91 Å². The smallest absolute Gasteiger partial charge is 0.255 e. The quantitative estimate of drug-likeness (QED) is 0.810. The molecule has 0 bridgehead atoms. The van der Waals surface area contributed by atoms with Crippen molar-refractivity contribution in [2.24, 2.45) is 0 Å². The molecule has 2 fully saturated rings. The normalized spacial score (nSPS) is 24.1. The molecule has 0 aromatic carbocycles. The van der Waals surface area contributed by atoms with Crippen molar-refractivity contribution in [3.05, 3.63) is 53.2 Å². The van der Waals surface area contributed by atoms with E-state index in [1.54, 1.807) is 19.2 Å². The Morgan fingerprint density at radius 3 is 2.90 bits per heavy atom. The minimum absolute atomic E-state index is 0.0370. The summed E-state index contributed by atoms with van der Waals surface area (Å²) in [7, 11) is 0. The van der Waals surface area contributed by atoms with Crippen molar-refractivity contribution < 1.29 is 14.0 Å². The number of carbonyl (C=O) groups is 2. The number of carbonyl (C=O) groups excluding carboxylic acids is 2. The molecule has 0 aliphatic carbocycles. The van der Waals surface area contributed by atoms with Gasteiger partial charge in [0, 0.05) is 18.8 Å². The molecule has 2 aliphatic rings. The molecule has 2 atom stereocenters. The number of nitrogens with zero attached hydrogens (tertiary/aromatic N) is 2. The Hall–Kier alpha value is -2.67. The van der Waals surface area contributed by atoms with Gasteiger partial charge in [-0.1, -0.05) is 6.07 Å². The first kappa shape index (κ1) is 19.6. The van der Waals surface area contributed by atoms with Crippen molar-refractivity contribution in [2.45, 2.75) is 57.7 Å². The summed E-state index contributed by atoms with van der Waals surface area (Å²) in [5.41, 5.74) is 0.862. The Bertz CT molecular complexity index is 895. The molecule has 7 heteroatoms. The highest BCUT2D eigenvalue weighted by Crippen LogP contribution is 2.38. The van der Waals surface area contributed by atoms with Crippen LogP contribution in [0.3, 0.4) is 0 Å². The fraction of sp³-hybridized carbons (Fsp3) is 0.500. The zero-order chi connectivity index (χ0) is 20.4. The van der Waals surface area contributed by atoms with Crippen molar-refractivity contribution in [3.8, 4) is 0 Å².